The summed E-state index contributed by atoms with van der Waals surface area (Å²) in [6, 6.07) is 15.7. The molecule has 1 aliphatic heterocycles. The molecular weight excluding hydrogens is 488 g/mol. The summed E-state index contributed by atoms with van der Waals surface area (Å²) in [7, 11) is 0. The summed E-state index contributed by atoms with van der Waals surface area (Å²) in [5.41, 5.74) is 3.18. The highest BCUT2D eigenvalue weighted by Crippen LogP contribution is 2.47. The Morgan fingerprint density at radius 3 is 2.44 bits per heavy atom. The largest absolute Gasteiger partial charge is 0.478 e. The Morgan fingerprint density at radius 2 is 1.81 bits per heavy atom. The number of hydrogen-bond acceptors (Lipinski definition) is 3. The monoisotopic (exact) mass is 518 g/mol. The van der Waals surface area contributed by atoms with Crippen molar-refractivity contribution in [2.24, 2.45) is 11.3 Å². The number of hydrogen-bond donors (Lipinski definition) is 1. The maximum absolute atomic E-state index is 11.1. The van der Waals surface area contributed by atoms with Crippen LogP contribution in [-0.2, 0) is 0 Å². The summed E-state index contributed by atoms with van der Waals surface area (Å²) in [5, 5.41) is 9.94. The molecule has 0 bridgehead atoms. The molecule has 0 amide bonds. The molecule has 0 radical (unpaired) electrons. The number of alkyl halides is 1. The summed E-state index contributed by atoms with van der Waals surface area (Å²) in [6.45, 7) is 8.79. The molecule has 2 fully saturated rings. The number of carbonyl (C=O) groups is 1. The first kappa shape index (κ1) is 23.6. The maximum atomic E-state index is 11.1. The summed E-state index contributed by atoms with van der Waals surface area (Å²) < 4.78 is 0. The Hall–Kier alpha value is -1.56. The van der Waals surface area contributed by atoms with Crippen LogP contribution >= 0.6 is 27.5 Å². The van der Waals surface area contributed by atoms with Crippen molar-refractivity contribution in [1.82, 2.24) is 4.90 Å². The second-order valence-electron chi connectivity index (χ2n) is 10.1. The fourth-order valence-corrected chi connectivity index (χ4v) is 6.31. The van der Waals surface area contributed by atoms with Crippen molar-refractivity contribution in [2.75, 3.05) is 31.1 Å². The fraction of sp³-hybridized carbons (Fsp3) is 0.500. The van der Waals surface area contributed by atoms with E-state index < -0.39 is 5.97 Å². The van der Waals surface area contributed by atoms with Gasteiger partial charge in [-0.3, -0.25) is 4.90 Å². The molecule has 4 nitrogen and oxygen atoms in total. The standard InChI is InChI=1S/C26H32BrClN2O2/c1-26(2)12-11-20(23(15-26)18-3-7-21(28)8-4-18)16-29-13-14-30(24(27)17-29)22-9-5-19(6-10-22)25(31)32/h3-10,20,23-24H,11-17H2,1-2H3,(H,31,32). The van der Waals surface area contributed by atoms with Crippen LogP contribution in [0.25, 0.3) is 0 Å². The minimum Gasteiger partial charge on any atom is -0.478 e. The molecule has 172 valence electrons. The van der Waals surface area contributed by atoms with Crippen LogP contribution in [0.4, 0.5) is 5.69 Å². The van der Waals surface area contributed by atoms with E-state index in [9.17, 15) is 4.79 Å². The molecule has 32 heavy (non-hydrogen) atoms. The molecule has 1 N–H and O–H groups in total. The molecule has 1 heterocycles. The van der Waals surface area contributed by atoms with E-state index in [1.807, 2.05) is 24.3 Å². The summed E-state index contributed by atoms with van der Waals surface area (Å²) in [5.74, 6) is 0.319. The zero-order valence-electron chi connectivity index (χ0n) is 18.8. The summed E-state index contributed by atoms with van der Waals surface area (Å²) >= 11 is 10.0. The Balaban J connectivity index is 1.42. The number of rotatable bonds is 5. The van der Waals surface area contributed by atoms with Gasteiger partial charge in [-0.1, -0.05) is 53.5 Å². The average Bonchev–Trinajstić information content (AvgIpc) is 2.76. The fourth-order valence-electron chi connectivity index (χ4n) is 5.34. The van der Waals surface area contributed by atoms with Gasteiger partial charge in [-0.15, -0.1) is 0 Å². The van der Waals surface area contributed by atoms with E-state index in [4.69, 9.17) is 16.7 Å². The van der Waals surface area contributed by atoms with Crippen LogP contribution < -0.4 is 4.90 Å². The number of benzene rings is 2. The molecule has 3 atom stereocenters. The van der Waals surface area contributed by atoms with Crippen molar-refractivity contribution >= 4 is 39.2 Å². The average molecular weight is 520 g/mol. The zero-order chi connectivity index (χ0) is 22.9. The van der Waals surface area contributed by atoms with E-state index in [2.05, 4.69) is 51.7 Å². The predicted octanol–water partition coefficient (Wildman–Crippen LogP) is 6.49. The first-order chi connectivity index (χ1) is 15.2. The van der Waals surface area contributed by atoms with Crippen molar-refractivity contribution in [3.05, 3.63) is 64.7 Å². The Bertz CT molecular complexity index is 932. The van der Waals surface area contributed by atoms with Crippen molar-refractivity contribution in [3.8, 4) is 0 Å². The topological polar surface area (TPSA) is 43.8 Å². The van der Waals surface area contributed by atoms with Gasteiger partial charge in [0, 0.05) is 36.9 Å². The molecule has 1 aliphatic carbocycles. The van der Waals surface area contributed by atoms with Gasteiger partial charge in [-0.05, 0) is 78.5 Å². The zero-order valence-corrected chi connectivity index (χ0v) is 21.1. The lowest BCUT2D eigenvalue weighted by Crippen LogP contribution is -2.52. The van der Waals surface area contributed by atoms with Crippen LogP contribution in [0.15, 0.2) is 48.5 Å². The van der Waals surface area contributed by atoms with Gasteiger partial charge in [0.05, 0.1) is 10.5 Å². The van der Waals surface area contributed by atoms with E-state index in [-0.39, 0.29) is 4.95 Å². The van der Waals surface area contributed by atoms with Crippen molar-refractivity contribution < 1.29 is 9.90 Å². The maximum Gasteiger partial charge on any atom is 0.335 e. The molecule has 3 unspecified atom stereocenters. The molecule has 6 heteroatoms. The molecule has 1 saturated carbocycles. The third kappa shape index (κ3) is 5.49. The number of piperazine rings is 1. The first-order valence-electron chi connectivity index (χ1n) is 11.4. The van der Waals surface area contributed by atoms with Crippen molar-refractivity contribution in [3.63, 3.8) is 0 Å². The lowest BCUT2D eigenvalue weighted by Gasteiger charge is -2.45. The third-order valence-electron chi connectivity index (χ3n) is 7.17. The van der Waals surface area contributed by atoms with Crippen molar-refractivity contribution in [1.29, 1.82) is 0 Å². The summed E-state index contributed by atoms with van der Waals surface area (Å²) in [4.78, 5) is 16.3. The number of anilines is 1. The van der Waals surface area contributed by atoms with E-state index >= 15 is 0 Å². The van der Waals surface area contributed by atoms with Crippen LogP contribution in [0, 0.1) is 11.3 Å². The second kappa shape index (κ2) is 9.74. The number of nitrogens with zero attached hydrogens (tertiary/aromatic N) is 2. The van der Waals surface area contributed by atoms with Crippen LogP contribution in [0.5, 0.6) is 0 Å². The van der Waals surface area contributed by atoms with Gasteiger partial charge >= 0.3 is 5.97 Å². The Morgan fingerprint density at radius 1 is 1.12 bits per heavy atom. The van der Waals surface area contributed by atoms with Gasteiger partial charge in [0.15, 0.2) is 0 Å². The van der Waals surface area contributed by atoms with E-state index in [0.29, 0.717) is 22.8 Å². The van der Waals surface area contributed by atoms with Crippen LogP contribution in [0.1, 0.15) is 54.9 Å². The Kier molecular flexibility index (Phi) is 7.18. The lowest BCUT2D eigenvalue weighted by molar-refractivity contribution is 0.0697. The van der Waals surface area contributed by atoms with E-state index in [1.54, 1.807) is 12.1 Å². The second-order valence-corrected chi connectivity index (χ2v) is 11.6. The van der Waals surface area contributed by atoms with Crippen LogP contribution in [-0.4, -0.2) is 47.1 Å². The lowest BCUT2D eigenvalue weighted by atomic mass is 9.65. The minimum absolute atomic E-state index is 0.209. The third-order valence-corrected chi connectivity index (χ3v) is 8.21. The smallest absolute Gasteiger partial charge is 0.335 e. The molecule has 2 aromatic carbocycles. The van der Waals surface area contributed by atoms with Gasteiger partial charge in [0.2, 0.25) is 0 Å². The molecule has 0 spiro atoms. The highest BCUT2D eigenvalue weighted by Gasteiger charge is 2.37. The number of aromatic carboxylic acids is 1. The van der Waals surface area contributed by atoms with Crippen LogP contribution in [0.2, 0.25) is 5.02 Å². The normalized spacial score (nSPS) is 26.1. The first-order valence-corrected chi connectivity index (χ1v) is 12.7. The van der Waals surface area contributed by atoms with Crippen molar-refractivity contribution in [2.45, 2.75) is 44.0 Å². The Labute approximate surface area is 204 Å². The SMILES string of the molecule is CC1(C)CCC(CN2CCN(c3ccc(C(=O)O)cc3)C(Br)C2)C(c2ccc(Cl)cc2)C1. The molecule has 4 rings (SSSR count). The highest BCUT2D eigenvalue weighted by molar-refractivity contribution is 9.09. The van der Waals surface area contributed by atoms with Gasteiger partial charge in [0.25, 0.3) is 0 Å². The quantitative estimate of drug-likeness (QED) is 0.362. The molecular formula is C26H32BrClN2O2. The minimum atomic E-state index is -0.886. The predicted molar refractivity (Wildman–Crippen MR) is 135 cm³/mol. The molecule has 0 aromatic heterocycles. The van der Waals surface area contributed by atoms with Crippen LogP contribution in [0.3, 0.4) is 0 Å². The molecule has 1 saturated heterocycles. The number of halogens is 2. The highest BCUT2D eigenvalue weighted by atomic mass is 79.9. The number of carboxylic acids is 1. The van der Waals surface area contributed by atoms with Gasteiger partial charge in [0.1, 0.15) is 0 Å². The molecule has 2 aromatic rings. The van der Waals surface area contributed by atoms with Gasteiger partial charge in [-0.2, -0.15) is 0 Å². The molecule has 2 aliphatic rings. The van der Waals surface area contributed by atoms with E-state index in [1.165, 1.54) is 24.8 Å². The number of carboxylic acid groups (broad SMARTS) is 1. The van der Waals surface area contributed by atoms with E-state index in [0.717, 1.165) is 36.9 Å². The van der Waals surface area contributed by atoms with Gasteiger partial charge in [-0.25, -0.2) is 4.79 Å². The summed E-state index contributed by atoms with van der Waals surface area (Å²) in [6.07, 6.45) is 3.74. The van der Waals surface area contributed by atoms with Gasteiger partial charge < -0.3 is 10.0 Å².